The van der Waals surface area contributed by atoms with Crippen molar-refractivity contribution in [2.45, 2.75) is 39.5 Å². The van der Waals surface area contributed by atoms with Crippen molar-refractivity contribution in [3.63, 3.8) is 0 Å². The fourth-order valence-corrected chi connectivity index (χ4v) is 1.41. The first-order chi connectivity index (χ1) is 4.34. The van der Waals surface area contributed by atoms with Gasteiger partial charge < -0.3 is 0 Å². The van der Waals surface area contributed by atoms with Gasteiger partial charge in [0.15, 0.2) is 0 Å². The molecule has 0 aromatic rings. The van der Waals surface area contributed by atoms with Gasteiger partial charge >= 0.3 is 0 Å². The number of hydrogen-bond donors (Lipinski definition) is 0. The van der Waals surface area contributed by atoms with Crippen LogP contribution in [-0.2, 0) is 0 Å². The minimum atomic E-state index is 0.854. The highest BCUT2D eigenvalue weighted by Crippen LogP contribution is 2.26. The lowest BCUT2D eigenvalue weighted by molar-refractivity contribution is 0.633. The Kier molecular flexibility index (Phi) is 2.32. The Morgan fingerprint density at radius 3 is 2.89 bits per heavy atom. The maximum Gasteiger partial charge on any atom is -0.0234 e. The lowest BCUT2D eigenvalue weighted by Crippen LogP contribution is -1.93. The molecule has 1 atom stereocenters. The molecule has 0 aliphatic heterocycles. The van der Waals surface area contributed by atoms with E-state index in [1.54, 1.807) is 5.57 Å². The van der Waals surface area contributed by atoms with Crippen LogP contribution in [-0.4, -0.2) is 0 Å². The fourth-order valence-electron chi connectivity index (χ4n) is 1.41. The third-order valence-electron chi connectivity index (χ3n) is 2.32. The monoisotopic (exact) mass is 124 g/mol. The summed E-state index contributed by atoms with van der Waals surface area (Å²) < 4.78 is 0. The predicted molar refractivity (Wildman–Crippen MR) is 41.4 cm³/mol. The molecule has 0 aromatic heterocycles. The minimum absolute atomic E-state index is 0.854. The molecule has 0 unspecified atom stereocenters. The van der Waals surface area contributed by atoms with Crippen LogP contribution in [0.4, 0.5) is 0 Å². The molecule has 0 fully saturated rings. The van der Waals surface area contributed by atoms with Crippen molar-refractivity contribution >= 4 is 0 Å². The number of rotatable bonds is 2. The molecule has 1 rings (SSSR count). The van der Waals surface area contributed by atoms with Crippen molar-refractivity contribution in [2.75, 3.05) is 0 Å². The van der Waals surface area contributed by atoms with Crippen LogP contribution in [0.5, 0.6) is 0 Å². The Bertz CT molecular complexity index is 111. The summed E-state index contributed by atoms with van der Waals surface area (Å²) in [7, 11) is 0. The average Bonchev–Trinajstić information content (AvgIpc) is 2.37. The first kappa shape index (κ1) is 6.85. The van der Waals surface area contributed by atoms with E-state index in [-0.39, 0.29) is 0 Å². The van der Waals surface area contributed by atoms with E-state index in [9.17, 15) is 0 Å². The summed E-state index contributed by atoms with van der Waals surface area (Å²) in [6.07, 6.45) is 7.84. The largest absolute Gasteiger partial charge is 0.0851 e. The summed E-state index contributed by atoms with van der Waals surface area (Å²) >= 11 is 0. The summed E-state index contributed by atoms with van der Waals surface area (Å²) in [5.74, 6) is 0.854. The van der Waals surface area contributed by atoms with Gasteiger partial charge in [0.1, 0.15) is 0 Å². The Morgan fingerprint density at radius 2 is 2.44 bits per heavy atom. The molecule has 0 heteroatoms. The molecule has 0 nitrogen and oxygen atoms in total. The maximum absolute atomic E-state index is 2.42. The van der Waals surface area contributed by atoms with Gasteiger partial charge in [-0.2, -0.15) is 0 Å². The molecule has 0 amide bonds. The molecule has 0 spiro atoms. The van der Waals surface area contributed by atoms with E-state index in [2.05, 4.69) is 19.9 Å². The van der Waals surface area contributed by atoms with Crippen molar-refractivity contribution in [3.05, 3.63) is 11.6 Å². The van der Waals surface area contributed by atoms with Crippen LogP contribution < -0.4 is 0 Å². The molecule has 0 heterocycles. The molecule has 9 heavy (non-hydrogen) atoms. The Balaban J connectivity index is 2.40. The van der Waals surface area contributed by atoms with Crippen LogP contribution in [0.25, 0.3) is 0 Å². The van der Waals surface area contributed by atoms with E-state index in [1.807, 2.05) is 0 Å². The van der Waals surface area contributed by atoms with E-state index >= 15 is 0 Å². The second kappa shape index (κ2) is 3.05. The van der Waals surface area contributed by atoms with Crippen LogP contribution >= 0.6 is 0 Å². The predicted octanol–water partition coefficient (Wildman–Crippen LogP) is 3.14. The van der Waals surface area contributed by atoms with Crippen LogP contribution in [0.15, 0.2) is 11.6 Å². The maximum atomic E-state index is 2.42. The van der Waals surface area contributed by atoms with E-state index in [4.69, 9.17) is 0 Å². The molecular weight excluding hydrogens is 108 g/mol. The molecule has 1 aliphatic rings. The summed E-state index contributed by atoms with van der Waals surface area (Å²) in [5, 5.41) is 0. The van der Waals surface area contributed by atoms with Crippen molar-refractivity contribution in [1.82, 2.24) is 0 Å². The van der Waals surface area contributed by atoms with Crippen molar-refractivity contribution in [2.24, 2.45) is 5.92 Å². The lowest BCUT2D eigenvalue weighted by Gasteiger charge is -2.07. The first-order valence-electron chi connectivity index (χ1n) is 4.03. The number of hydrogen-bond acceptors (Lipinski definition) is 0. The second-order valence-corrected chi connectivity index (χ2v) is 2.98. The van der Waals surface area contributed by atoms with E-state index in [0.29, 0.717) is 0 Å². The molecule has 0 saturated carbocycles. The van der Waals surface area contributed by atoms with E-state index in [1.165, 1.54) is 25.7 Å². The third kappa shape index (κ3) is 1.57. The SMILES string of the molecule is CC[C@H](C)C1=CCCC1. The molecule has 0 saturated heterocycles. The Morgan fingerprint density at radius 1 is 1.67 bits per heavy atom. The zero-order valence-corrected chi connectivity index (χ0v) is 6.48. The smallest absolute Gasteiger partial charge is 0.0234 e. The van der Waals surface area contributed by atoms with Gasteiger partial charge in [0.05, 0.1) is 0 Å². The minimum Gasteiger partial charge on any atom is -0.0851 e. The lowest BCUT2D eigenvalue weighted by atomic mass is 9.98. The molecule has 0 bridgehead atoms. The highest BCUT2D eigenvalue weighted by atomic mass is 14.1. The summed E-state index contributed by atoms with van der Waals surface area (Å²) in [4.78, 5) is 0. The van der Waals surface area contributed by atoms with Crippen molar-refractivity contribution in [1.29, 1.82) is 0 Å². The van der Waals surface area contributed by atoms with Gasteiger partial charge in [-0.3, -0.25) is 0 Å². The van der Waals surface area contributed by atoms with Gasteiger partial charge in [-0.25, -0.2) is 0 Å². The average molecular weight is 124 g/mol. The van der Waals surface area contributed by atoms with Crippen molar-refractivity contribution < 1.29 is 0 Å². The zero-order valence-electron chi connectivity index (χ0n) is 6.48. The highest BCUT2D eigenvalue weighted by Gasteiger charge is 2.09. The summed E-state index contributed by atoms with van der Waals surface area (Å²) in [6.45, 7) is 4.60. The highest BCUT2D eigenvalue weighted by molar-refractivity contribution is 5.10. The van der Waals surface area contributed by atoms with Gasteiger partial charge in [-0.05, 0) is 31.6 Å². The van der Waals surface area contributed by atoms with E-state index in [0.717, 1.165) is 5.92 Å². The van der Waals surface area contributed by atoms with Gasteiger partial charge in [-0.15, -0.1) is 0 Å². The summed E-state index contributed by atoms with van der Waals surface area (Å²) in [6, 6.07) is 0. The van der Waals surface area contributed by atoms with Gasteiger partial charge in [-0.1, -0.05) is 25.5 Å². The zero-order chi connectivity index (χ0) is 6.69. The van der Waals surface area contributed by atoms with Crippen LogP contribution in [0, 0.1) is 5.92 Å². The summed E-state index contributed by atoms with van der Waals surface area (Å²) in [5.41, 5.74) is 1.71. The molecular formula is C9H16. The van der Waals surface area contributed by atoms with Crippen molar-refractivity contribution in [3.8, 4) is 0 Å². The molecule has 0 radical (unpaired) electrons. The fraction of sp³-hybridized carbons (Fsp3) is 0.778. The third-order valence-corrected chi connectivity index (χ3v) is 2.32. The van der Waals surface area contributed by atoms with Crippen LogP contribution in [0.3, 0.4) is 0 Å². The quantitative estimate of drug-likeness (QED) is 0.496. The van der Waals surface area contributed by atoms with E-state index < -0.39 is 0 Å². The van der Waals surface area contributed by atoms with Gasteiger partial charge in [0.25, 0.3) is 0 Å². The Hall–Kier alpha value is -0.260. The standard InChI is InChI=1S/C9H16/c1-3-8(2)9-6-4-5-7-9/h6,8H,3-5,7H2,1-2H3/t8-/m0/s1. The normalized spacial score (nSPS) is 21.8. The molecule has 52 valence electrons. The first-order valence-corrected chi connectivity index (χ1v) is 4.03. The topological polar surface area (TPSA) is 0 Å². The van der Waals surface area contributed by atoms with Crippen LogP contribution in [0.2, 0.25) is 0 Å². The van der Waals surface area contributed by atoms with Gasteiger partial charge in [0.2, 0.25) is 0 Å². The number of allylic oxidation sites excluding steroid dienone is 2. The Labute approximate surface area is 58.0 Å². The molecule has 0 aromatic carbocycles. The van der Waals surface area contributed by atoms with Crippen LogP contribution in [0.1, 0.15) is 39.5 Å². The molecule has 1 aliphatic carbocycles. The molecule has 0 N–H and O–H groups in total. The van der Waals surface area contributed by atoms with Gasteiger partial charge in [0, 0.05) is 0 Å². The second-order valence-electron chi connectivity index (χ2n) is 2.98.